The second-order valence-electron chi connectivity index (χ2n) is 7.75. The van der Waals surface area contributed by atoms with E-state index in [9.17, 15) is 9.59 Å². The van der Waals surface area contributed by atoms with Gasteiger partial charge in [0.05, 0.1) is 24.4 Å². The molecular formula is C25H26N2O4. The highest BCUT2D eigenvalue weighted by Gasteiger charge is 2.39. The van der Waals surface area contributed by atoms with Gasteiger partial charge in [0.15, 0.2) is 11.5 Å². The number of anilines is 1. The zero-order valence-electron chi connectivity index (χ0n) is 17.7. The van der Waals surface area contributed by atoms with Gasteiger partial charge in [-0.2, -0.15) is 0 Å². The Bertz CT molecular complexity index is 1060. The zero-order chi connectivity index (χ0) is 22.0. The van der Waals surface area contributed by atoms with Gasteiger partial charge in [-0.05, 0) is 41.7 Å². The molecule has 1 heterocycles. The molecule has 6 heteroatoms. The van der Waals surface area contributed by atoms with Crippen LogP contribution < -0.4 is 20.1 Å². The Balaban J connectivity index is 1.73. The summed E-state index contributed by atoms with van der Waals surface area (Å²) in [4.78, 5) is 24.2. The zero-order valence-corrected chi connectivity index (χ0v) is 17.7. The van der Waals surface area contributed by atoms with Crippen molar-refractivity contribution in [3.63, 3.8) is 0 Å². The number of para-hydroxylation sites is 1. The van der Waals surface area contributed by atoms with E-state index in [1.807, 2.05) is 24.3 Å². The van der Waals surface area contributed by atoms with E-state index < -0.39 is 5.97 Å². The number of esters is 1. The Hall–Kier alpha value is -3.54. The van der Waals surface area contributed by atoms with Crippen molar-refractivity contribution in [2.45, 2.75) is 25.3 Å². The average Bonchev–Trinajstić information content (AvgIpc) is 3.26. The molecule has 160 valence electrons. The fourth-order valence-corrected chi connectivity index (χ4v) is 4.52. The number of fused-ring (bicyclic) bond motifs is 3. The smallest absolute Gasteiger partial charge is 0.308 e. The molecule has 4 rings (SSSR count). The second kappa shape index (κ2) is 8.68. The SMILES string of the molecule is C=CCNC(=O)c1cccc2c1NC(c1ccc(OC(C)=O)c(OC)c1)C1CC=CC21. The van der Waals surface area contributed by atoms with Crippen LogP contribution in [0.15, 0.2) is 61.2 Å². The number of hydrogen-bond donors (Lipinski definition) is 2. The number of methoxy groups -OCH3 is 1. The molecule has 2 aliphatic rings. The molecule has 3 unspecified atom stereocenters. The molecule has 6 nitrogen and oxygen atoms in total. The largest absolute Gasteiger partial charge is 0.493 e. The van der Waals surface area contributed by atoms with Gasteiger partial charge in [0.2, 0.25) is 0 Å². The summed E-state index contributed by atoms with van der Waals surface area (Å²) in [6, 6.07) is 11.4. The maximum Gasteiger partial charge on any atom is 0.308 e. The first-order chi connectivity index (χ1) is 15.0. The first-order valence-corrected chi connectivity index (χ1v) is 10.3. The van der Waals surface area contributed by atoms with E-state index in [2.05, 4.69) is 35.4 Å². The number of carbonyl (C=O) groups is 2. The lowest BCUT2D eigenvalue weighted by Crippen LogP contribution is -2.32. The highest BCUT2D eigenvalue weighted by Crippen LogP contribution is 2.51. The van der Waals surface area contributed by atoms with Gasteiger partial charge in [0.1, 0.15) is 0 Å². The highest BCUT2D eigenvalue weighted by atomic mass is 16.6. The summed E-state index contributed by atoms with van der Waals surface area (Å²) < 4.78 is 10.7. The predicted octanol–water partition coefficient (Wildman–Crippen LogP) is 4.36. The van der Waals surface area contributed by atoms with Crippen LogP contribution in [0.25, 0.3) is 0 Å². The van der Waals surface area contributed by atoms with Crippen molar-refractivity contribution in [2.24, 2.45) is 5.92 Å². The van der Waals surface area contributed by atoms with Gasteiger partial charge in [0, 0.05) is 19.4 Å². The average molecular weight is 418 g/mol. The highest BCUT2D eigenvalue weighted by molar-refractivity contribution is 6.00. The van der Waals surface area contributed by atoms with E-state index in [1.54, 1.807) is 19.3 Å². The molecule has 3 atom stereocenters. The molecule has 0 bridgehead atoms. The minimum absolute atomic E-state index is 0.0267. The van der Waals surface area contributed by atoms with Crippen LogP contribution in [0.5, 0.6) is 11.5 Å². The van der Waals surface area contributed by atoms with Gasteiger partial charge in [0.25, 0.3) is 5.91 Å². The molecule has 0 aromatic heterocycles. The van der Waals surface area contributed by atoms with Crippen LogP contribution in [0, 0.1) is 5.92 Å². The van der Waals surface area contributed by atoms with Gasteiger partial charge in [-0.25, -0.2) is 0 Å². The normalized spacial score (nSPS) is 20.8. The van der Waals surface area contributed by atoms with Crippen LogP contribution in [-0.2, 0) is 4.79 Å². The molecule has 0 radical (unpaired) electrons. The Morgan fingerprint density at radius 2 is 2.10 bits per heavy atom. The molecular weight excluding hydrogens is 392 g/mol. The van der Waals surface area contributed by atoms with Crippen molar-refractivity contribution in [3.05, 3.63) is 77.9 Å². The lowest BCUT2D eigenvalue weighted by molar-refractivity contribution is -0.132. The van der Waals surface area contributed by atoms with Gasteiger partial charge in [-0.3, -0.25) is 9.59 Å². The summed E-state index contributed by atoms with van der Waals surface area (Å²) in [5.41, 5.74) is 3.61. The number of hydrogen-bond acceptors (Lipinski definition) is 5. The third-order valence-corrected chi connectivity index (χ3v) is 5.85. The van der Waals surface area contributed by atoms with Crippen molar-refractivity contribution >= 4 is 17.6 Å². The van der Waals surface area contributed by atoms with Crippen LogP contribution in [0.2, 0.25) is 0 Å². The maximum absolute atomic E-state index is 12.8. The lowest BCUT2D eigenvalue weighted by Gasteiger charge is -2.38. The van der Waals surface area contributed by atoms with E-state index in [4.69, 9.17) is 9.47 Å². The summed E-state index contributed by atoms with van der Waals surface area (Å²) in [6.07, 6.45) is 7.03. The topological polar surface area (TPSA) is 76.7 Å². The molecule has 31 heavy (non-hydrogen) atoms. The van der Waals surface area contributed by atoms with Crippen molar-refractivity contribution in [2.75, 3.05) is 19.0 Å². The van der Waals surface area contributed by atoms with Gasteiger partial charge < -0.3 is 20.1 Å². The van der Waals surface area contributed by atoms with Gasteiger partial charge >= 0.3 is 5.97 Å². The third-order valence-electron chi connectivity index (χ3n) is 5.85. The standard InChI is InChI=1S/C25H26N2O4/c1-4-13-26-25(29)20-10-6-9-19-17-7-5-8-18(17)23(27-24(19)20)16-11-12-21(31-15(2)28)22(14-16)30-3/h4-7,9-12,14,17-18,23,27H,1,8,13H2,2-3H3,(H,26,29). The molecule has 1 aliphatic carbocycles. The first kappa shape index (κ1) is 20.7. The van der Waals surface area contributed by atoms with Crippen LogP contribution in [0.3, 0.4) is 0 Å². The molecule has 0 fully saturated rings. The number of nitrogens with one attached hydrogen (secondary N) is 2. The van der Waals surface area contributed by atoms with E-state index in [-0.39, 0.29) is 17.9 Å². The summed E-state index contributed by atoms with van der Waals surface area (Å²) in [6.45, 7) is 5.44. The molecule has 1 amide bonds. The third kappa shape index (κ3) is 3.93. The Morgan fingerprint density at radius 1 is 1.26 bits per heavy atom. The Morgan fingerprint density at radius 3 is 2.84 bits per heavy atom. The maximum atomic E-state index is 12.8. The summed E-state index contributed by atoms with van der Waals surface area (Å²) in [5, 5.41) is 6.51. The summed E-state index contributed by atoms with van der Waals surface area (Å²) in [7, 11) is 1.55. The molecule has 2 aromatic carbocycles. The Kier molecular flexibility index (Phi) is 5.80. The van der Waals surface area contributed by atoms with E-state index in [1.165, 1.54) is 6.92 Å². The molecule has 0 saturated heterocycles. The summed E-state index contributed by atoms with van der Waals surface area (Å²) in [5.74, 6) is 0.883. The predicted molar refractivity (Wildman–Crippen MR) is 120 cm³/mol. The van der Waals surface area contributed by atoms with Crippen LogP contribution in [-0.4, -0.2) is 25.5 Å². The number of allylic oxidation sites excluding steroid dienone is 2. The monoisotopic (exact) mass is 418 g/mol. The van der Waals surface area contributed by atoms with Crippen molar-refractivity contribution < 1.29 is 19.1 Å². The molecule has 1 aliphatic heterocycles. The van der Waals surface area contributed by atoms with Gasteiger partial charge in [-0.1, -0.05) is 36.4 Å². The quantitative estimate of drug-likeness (QED) is 0.414. The number of ether oxygens (including phenoxy) is 2. The van der Waals surface area contributed by atoms with Crippen molar-refractivity contribution in [3.8, 4) is 11.5 Å². The molecule has 0 spiro atoms. The number of benzene rings is 2. The minimum atomic E-state index is -0.397. The Labute approximate surface area is 181 Å². The minimum Gasteiger partial charge on any atom is -0.493 e. The van der Waals surface area contributed by atoms with Crippen LogP contribution in [0.1, 0.15) is 46.8 Å². The number of amides is 1. The lowest BCUT2D eigenvalue weighted by atomic mass is 9.76. The van der Waals surface area contributed by atoms with Crippen LogP contribution in [0.4, 0.5) is 5.69 Å². The van der Waals surface area contributed by atoms with Crippen molar-refractivity contribution in [1.29, 1.82) is 0 Å². The van der Waals surface area contributed by atoms with E-state index >= 15 is 0 Å². The van der Waals surface area contributed by atoms with Crippen LogP contribution >= 0.6 is 0 Å². The fourth-order valence-electron chi connectivity index (χ4n) is 4.52. The second-order valence-corrected chi connectivity index (χ2v) is 7.75. The molecule has 2 aromatic rings. The van der Waals surface area contributed by atoms with Crippen molar-refractivity contribution in [1.82, 2.24) is 5.32 Å². The van der Waals surface area contributed by atoms with E-state index in [0.29, 0.717) is 29.5 Å². The summed E-state index contributed by atoms with van der Waals surface area (Å²) >= 11 is 0. The fraction of sp³-hybridized carbons (Fsp3) is 0.280. The molecule has 0 saturated carbocycles. The van der Waals surface area contributed by atoms with E-state index in [0.717, 1.165) is 23.2 Å². The van der Waals surface area contributed by atoms with Gasteiger partial charge in [-0.15, -0.1) is 6.58 Å². The molecule has 2 N–H and O–H groups in total. The number of carbonyl (C=O) groups excluding carboxylic acids is 2. The first-order valence-electron chi connectivity index (χ1n) is 10.3. The number of rotatable bonds is 6.